The number of aliphatic imine (C=N–C) groups is 1. The van der Waals surface area contributed by atoms with Crippen LogP contribution in [0.15, 0.2) is 35.3 Å². The van der Waals surface area contributed by atoms with Gasteiger partial charge in [0.2, 0.25) is 17.7 Å². The van der Waals surface area contributed by atoms with E-state index in [1.165, 1.54) is 0 Å². The zero-order chi connectivity index (χ0) is 28.7. The molecule has 11 N–H and O–H groups in total. The van der Waals surface area contributed by atoms with E-state index in [0.29, 0.717) is 0 Å². The number of benzene rings is 1. The van der Waals surface area contributed by atoms with Crippen LogP contribution in [0.4, 0.5) is 0 Å². The first-order valence-electron chi connectivity index (χ1n) is 11.8. The fourth-order valence-corrected chi connectivity index (χ4v) is 3.53. The summed E-state index contributed by atoms with van der Waals surface area (Å²) in [5.41, 5.74) is 17.4. The number of carbonyl (C=O) groups excluding carboxylic acids is 3. The van der Waals surface area contributed by atoms with Gasteiger partial charge in [0.25, 0.3) is 0 Å². The summed E-state index contributed by atoms with van der Waals surface area (Å²) in [5.74, 6) is -5.15. The number of hydrogen-bond acceptors (Lipinski definition) is 8. The second kappa shape index (κ2) is 16.8. The molecule has 15 heteroatoms. The molecule has 3 amide bonds. The van der Waals surface area contributed by atoms with E-state index in [1.54, 1.807) is 12.1 Å². The Morgan fingerprint density at radius 1 is 0.868 bits per heavy atom. The van der Waals surface area contributed by atoms with Crippen molar-refractivity contribution >= 4 is 48.2 Å². The van der Waals surface area contributed by atoms with Gasteiger partial charge in [0.15, 0.2) is 5.96 Å². The van der Waals surface area contributed by atoms with E-state index >= 15 is 0 Å². The van der Waals surface area contributed by atoms with Crippen molar-refractivity contribution in [2.75, 3.05) is 12.3 Å². The van der Waals surface area contributed by atoms with E-state index in [1.807, 2.05) is 18.2 Å². The Bertz CT molecular complexity index is 990. The number of carbonyl (C=O) groups is 5. The van der Waals surface area contributed by atoms with Crippen LogP contribution in [0.3, 0.4) is 0 Å². The van der Waals surface area contributed by atoms with E-state index in [0.717, 1.165) is 5.56 Å². The minimum absolute atomic E-state index is 0.0143. The number of carboxylic acid groups (broad SMARTS) is 2. The number of nitrogens with one attached hydrogen (secondary N) is 3. The van der Waals surface area contributed by atoms with Gasteiger partial charge in [-0.15, -0.1) is 0 Å². The number of amides is 3. The van der Waals surface area contributed by atoms with Gasteiger partial charge in [-0.3, -0.25) is 24.2 Å². The smallest absolute Gasteiger partial charge is 0.326 e. The molecule has 0 radical (unpaired) electrons. The van der Waals surface area contributed by atoms with Gasteiger partial charge >= 0.3 is 11.9 Å². The van der Waals surface area contributed by atoms with Gasteiger partial charge < -0.3 is 43.4 Å². The molecule has 0 aliphatic heterocycles. The van der Waals surface area contributed by atoms with Gasteiger partial charge in [0.05, 0.1) is 6.04 Å². The van der Waals surface area contributed by atoms with Crippen molar-refractivity contribution < 1.29 is 34.2 Å². The third-order valence-corrected chi connectivity index (χ3v) is 5.66. The van der Waals surface area contributed by atoms with E-state index in [9.17, 15) is 29.1 Å². The van der Waals surface area contributed by atoms with Gasteiger partial charge in [-0.25, -0.2) is 4.79 Å². The molecule has 0 bridgehead atoms. The van der Waals surface area contributed by atoms with Crippen LogP contribution in [0.5, 0.6) is 0 Å². The minimum atomic E-state index is -1.49. The van der Waals surface area contributed by atoms with Crippen molar-refractivity contribution in [1.29, 1.82) is 0 Å². The minimum Gasteiger partial charge on any atom is -0.481 e. The number of guanidine groups is 1. The summed E-state index contributed by atoms with van der Waals surface area (Å²) in [6.45, 7) is 0.129. The summed E-state index contributed by atoms with van der Waals surface area (Å²) in [4.78, 5) is 64.5. The van der Waals surface area contributed by atoms with Gasteiger partial charge in [-0.05, 0) is 31.2 Å². The molecule has 0 aliphatic carbocycles. The Labute approximate surface area is 225 Å². The molecule has 0 aliphatic rings. The second-order valence-corrected chi connectivity index (χ2v) is 8.75. The summed E-state index contributed by atoms with van der Waals surface area (Å²) in [6.07, 6.45) is -0.366. The lowest BCUT2D eigenvalue weighted by molar-refractivity contribution is -0.143. The third kappa shape index (κ3) is 12.4. The number of thiol groups is 1. The molecule has 1 aromatic carbocycles. The first-order chi connectivity index (χ1) is 17.9. The first kappa shape index (κ1) is 32.2. The first-order valence-corrected chi connectivity index (χ1v) is 12.4. The van der Waals surface area contributed by atoms with Crippen molar-refractivity contribution in [3.8, 4) is 0 Å². The maximum atomic E-state index is 12.9. The highest BCUT2D eigenvalue weighted by molar-refractivity contribution is 7.80. The predicted molar refractivity (Wildman–Crippen MR) is 142 cm³/mol. The number of carboxylic acids is 2. The van der Waals surface area contributed by atoms with E-state index in [4.69, 9.17) is 22.3 Å². The van der Waals surface area contributed by atoms with E-state index in [2.05, 4.69) is 33.6 Å². The Balaban J connectivity index is 2.90. The molecule has 0 aromatic heterocycles. The average Bonchev–Trinajstić information content (AvgIpc) is 2.86. The van der Waals surface area contributed by atoms with Crippen LogP contribution in [0.25, 0.3) is 0 Å². The molecule has 38 heavy (non-hydrogen) atoms. The number of nitrogens with zero attached hydrogens (tertiary/aromatic N) is 1. The normalized spacial score (nSPS) is 13.7. The fraction of sp³-hybridized carbons (Fsp3) is 0.478. The lowest BCUT2D eigenvalue weighted by Gasteiger charge is -2.24. The van der Waals surface area contributed by atoms with Crippen LogP contribution in [0.2, 0.25) is 0 Å². The molecule has 1 rings (SSSR count). The lowest BCUT2D eigenvalue weighted by atomic mass is 10.1. The molecular weight excluding hydrogens is 518 g/mol. The van der Waals surface area contributed by atoms with Crippen molar-refractivity contribution in [3.63, 3.8) is 0 Å². The van der Waals surface area contributed by atoms with E-state index in [-0.39, 0.29) is 43.9 Å². The molecule has 4 atom stereocenters. The quantitative estimate of drug-likeness (QED) is 0.0441. The maximum Gasteiger partial charge on any atom is 0.326 e. The topological polar surface area (TPSA) is 252 Å². The Kier molecular flexibility index (Phi) is 14.2. The number of hydrogen-bond donors (Lipinski definition) is 9. The summed E-state index contributed by atoms with van der Waals surface area (Å²) in [6, 6.07) is 4.22. The molecule has 0 heterocycles. The van der Waals surface area contributed by atoms with Gasteiger partial charge in [0, 0.05) is 18.7 Å². The molecule has 210 valence electrons. The molecule has 1 aromatic rings. The predicted octanol–water partition coefficient (Wildman–Crippen LogP) is -2.06. The van der Waals surface area contributed by atoms with Gasteiger partial charge in [-0.2, -0.15) is 12.6 Å². The van der Waals surface area contributed by atoms with Crippen molar-refractivity contribution in [2.45, 2.75) is 56.3 Å². The molecule has 14 nitrogen and oxygen atoms in total. The molecule has 0 fully saturated rings. The molecule has 0 saturated carbocycles. The maximum absolute atomic E-state index is 12.9. The highest BCUT2D eigenvalue weighted by Gasteiger charge is 2.30. The van der Waals surface area contributed by atoms with Crippen molar-refractivity contribution in [2.24, 2.45) is 22.2 Å². The van der Waals surface area contributed by atoms with Crippen LogP contribution >= 0.6 is 12.6 Å². The Morgan fingerprint density at radius 3 is 2.00 bits per heavy atom. The van der Waals surface area contributed by atoms with Gasteiger partial charge in [0.1, 0.15) is 18.1 Å². The Morgan fingerprint density at radius 2 is 1.45 bits per heavy atom. The average molecular weight is 554 g/mol. The molecule has 4 unspecified atom stereocenters. The van der Waals surface area contributed by atoms with Crippen LogP contribution in [0.1, 0.15) is 31.2 Å². The Hall–Kier alpha value is -3.85. The standard InChI is InChI=1S/C23H35N7O7S/c24-14(11-13-5-2-1-3-6-13)19(33)30-17(12-38)21(35)28-15(7-4-10-27-23(25)26)20(34)29-16(22(36)37)8-9-18(31)32/h1-3,5-6,14-17,38H,4,7-12,24H2,(H,28,35)(H,29,34)(H,30,33)(H,31,32)(H,36,37)(H4,25,26,27). The van der Waals surface area contributed by atoms with Crippen molar-refractivity contribution in [1.82, 2.24) is 16.0 Å². The van der Waals surface area contributed by atoms with Crippen LogP contribution < -0.4 is 33.2 Å². The highest BCUT2D eigenvalue weighted by Crippen LogP contribution is 2.06. The summed E-state index contributed by atoms with van der Waals surface area (Å²) in [5, 5.41) is 25.4. The van der Waals surface area contributed by atoms with Gasteiger partial charge in [-0.1, -0.05) is 30.3 Å². The van der Waals surface area contributed by atoms with Crippen molar-refractivity contribution in [3.05, 3.63) is 35.9 Å². The molecular formula is C23H35N7O7S. The third-order valence-electron chi connectivity index (χ3n) is 5.29. The molecule has 0 saturated heterocycles. The lowest BCUT2D eigenvalue weighted by Crippen LogP contribution is -2.57. The molecule has 0 spiro atoms. The SMILES string of the molecule is NC(N)=NCCCC(NC(=O)C(CS)NC(=O)C(N)Cc1ccccc1)C(=O)NC(CCC(=O)O)C(=O)O. The van der Waals surface area contributed by atoms with Crippen LogP contribution in [-0.4, -0.2) is 82.3 Å². The second-order valence-electron chi connectivity index (χ2n) is 8.38. The summed E-state index contributed by atoms with van der Waals surface area (Å²) >= 11 is 4.11. The fourth-order valence-electron chi connectivity index (χ4n) is 3.28. The van der Waals surface area contributed by atoms with Crippen LogP contribution in [-0.2, 0) is 30.4 Å². The van der Waals surface area contributed by atoms with E-state index < -0.39 is 60.2 Å². The number of aliphatic carboxylic acids is 2. The summed E-state index contributed by atoms with van der Waals surface area (Å²) in [7, 11) is 0. The number of rotatable bonds is 17. The largest absolute Gasteiger partial charge is 0.481 e. The summed E-state index contributed by atoms with van der Waals surface area (Å²) < 4.78 is 0. The zero-order valence-electron chi connectivity index (χ0n) is 20.7. The zero-order valence-corrected chi connectivity index (χ0v) is 21.6. The highest BCUT2D eigenvalue weighted by atomic mass is 32.1. The monoisotopic (exact) mass is 553 g/mol. The van der Waals surface area contributed by atoms with Crippen LogP contribution in [0, 0.1) is 0 Å². The number of nitrogens with two attached hydrogens (primary N) is 3.